The largest absolute Gasteiger partial charge is 0.495 e. The Bertz CT molecular complexity index is 1680. The maximum Gasteiger partial charge on any atom is 0.245 e. The summed E-state index contributed by atoms with van der Waals surface area (Å²) >= 11 is 0. The maximum atomic E-state index is 15.4. The summed E-state index contributed by atoms with van der Waals surface area (Å²) in [6.45, 7) is 9.03. The van der Waals surface area contributed by atoms with E-state index in [0.29, 0.717) is 53.0 Å². The van der Waals surface area contributed by atoms with Crippen LogP contribution in [0.2, 0.25) is 0 Å². The van der Waals surface area contributed by atoms with Gasteiger partial charge in [0.1, 0.15) is 41.0 Å². The van der Waals surface area contributed by atoms with Crippen LogP contribution < -0.4 is 25.0 Å². The number of hydrogen-bond acceptors (Lipinski definition) is 9. The molecule has 1 amide bonds. The standard InChI is InChI=1S/C33H36FN7O3/c1-4-32(42)40-13-9-22(10-14-40)38-29-17-25-28(18-30(29)43-3)36-20-37-33(25)39-27-6-5-23(15-26(27)34)44-24-7-11-35-31(16-24)41-12-8-21(2)19-41/h4-7,11,15-18,20-22,38H,1,8-10,12-14,19H2,2-3H3,(H,36,37,39)/t21-/m0/s1. The highest BCUT2D eigenvalue weighted by Crippen LogP contribution is 2.35. The fraction of sp³-hybridized carbons (Fsp3) is 0.333. The zero-order valence-corrected chi connectivity index (χ0v) is 24.9. The summed E-state index contributed by atoms with van der Waals surface area (Å²) in [4.78, 5) is 29.3. The highest BCUT2D eigenvalue weighted by Gasteiger charge is 2.23. The smallest absolute Gasteiger partial charge is 0.245 e. The molecule has 0 unspecified atom stereocenters. The van der Waals surface area contributed by atoms with Gasteiger partial charge in [-0.25, -0.2) is 19.3 Å². The van der Waals surface area contributed by atoms with Gasteiger partial charge >= 0.3 is 0 Å². The van der Waals surface area contributed by atoms with Gasteiger partial charge in [-0.05, 0) is 55.5 Å². The number of carbonyl (C=O) groups excluding carboxylic acids is 1. The van der Waals surface area contributed by atoms with Crippen molar-refractivity contribution < 1.29 is 18.7 Å². The van der Waals surface area contributed by atoms with E-state index in [1.54, 1.807) is 36.4 Å². The minimum atomic E-state index is -0.482. The molecule has 0 radical (unpaired) electrons. The number of carbonyl (C=O) groups is 1. The summed E-state index contributed by atoms with van der Waals surface area (Å²) in [5, 5.41) is 7.39. The molecule has 2 fully saturated rings. The van der Waals surface area contributed by atoms with Crippen LogP contribution in [-0.4, -0.2) is 65.1 Å². The van der Waals surface area contributed by atoms with Crippen LogP contribution in [0.3, 0.4) is 0 Å². The number of ether oxygens (including phenoxy) is 2. The van der Waals surface area contributed by atoms with Crippen molar-refractivity contribution in [2.24, 2.45) is 5.92 Å². The molecule has 2 aliphatic heterocycles. The van der Waals surface area contributed by atoms with Crippen LogP contribution in [0.1, 0.15) is 26.2 Å². The first-order valence-electron chi connectivity index (χ1n) is 14.9. The number of aromatic nitrogens is 3. The van der Waals surface area contributed by atoms with Crippen LogP contribution in [-0.2, 0) is 4.79 Å². The summed E-state index contributed by atoms with van der Waals surface area (Å²) in [6, 6.07) is 12.2. The molecule has 4 aromatic rings. The number of nitrogens with zero attached hydrogens (tertiary/aromatic N) is 5. The van der Waals surface area contributed by atoms with E-state index in [2.05, 4.69) is 44.0 Å². The number of rotatable bonds is 9. The average Bonchev–Trinajstić information content (AvgIpc) is 3.48. The molecule has 10 nitrogen and oxygen atoms in total. The summed E-state index contributed by atoms with van der Waals surface area (Å²) in [6.07, 6.45) is 7.21. The molecule has 2 aromatic heterocycles. The molecule has 0 bridgehead atoms. The van der Waals surface area contributed by atoms with Gasteiger partial charge in [0.05, 0.1) is 24.0 Å². The zero-order valence-electron chi connectivity index (χ0n) is 24.9. The monoisotopic (exact) mass is 597 g/mol. The van der Waals surface area contributed by atoms with E-state index in [1.807, 2.05) is 18.2 Å². The molecule has 2 N–H and O–H groups in total. The zero-order chi connectivity index (χ0) is 30.6. The van der Waals surface area contributed by atoms with E-state index in [9.17, 15) is 4.79 Å². The molecule has 6 rings (SSSR count). The van der Waals surface area contributed by atoms with Gasteiger partial charge in [-0.1, -0.05) is 13.5 Å². The lowest BCUT2D eigenvalue weighted by atomic mass is 10.0. The van der Waals surface area contributed by atoms with E-state index < -0.39 is 5.82 Å². The molecule has 4 heterocycles. The van der Waals surface area contributed by atoms with Crippen LogP contribution in [0.15, 0.2) is 67.6 Å². The van der Waals surface area contributed by atoms with Crippen LogP contribution in [0.5, 0.6) is 17.2 Å². The van der Waals surface area contributed by atoms with E-state index in [-0.39, 0.29) is 17.6 Å². The van der Waals surface area contributed by atoms with Gasteiger partial charge in [0.15, 0.2) is 0 Å². The van der Waals surface area contributed by atoms with E-state index >= 15 is 4.39 Å². The number of piperidine rings is 1. The third-order valence-electron chi connectivity index (χ3n) is 8.19. The molecule has 2 aromatic carbocycles. The highest BCUT2D eigenvalue weighted by atomic mass is 19.1. The first kappa shape index (κ1) is 29.2. The van der Waals surface area contributed by atoms with Gasteiger partial charge in [-0.2, -0.15) is 0 Å². The fourth-order valence-corrected chi connectivity index (χ4v) is 5.76. The number of halogens is 1. The number of anilines is 4. The summed E-state index contributed by atoms with van der Waals surface area (Å²) in [7, 11) is 1.61. The van der Waals surface area contributed by atoms with Crippen molar-refractivity contribution >= 4 is 39.8 Å². The Labute approximate surface area is 255 Å². The number of methoxy groups -OCH3 is 1. The number of benzene rings is 2. The Morgan fingerprint density at radius 1 is 1.02 bits per heavy atom. The van der Waals surface area contributed by atoms with Crippen LogP contribution >= 0.6 is 0 Å². The first-order valence-corrected chi connectivity index (χ1v) is 14.9. The maximum absolute atomic E-state index is 15.4. The molecule has 0 saturated carbocycles. The van der Waals surface area contributed by atoms with Crippen LogP contribution in [0, 0.1) is 11.7 Å². The number of hydrogen-bond donors (Lipinski definition) is 2. The quantitative estimate of drug-likeness (QED) is 0.220. The van der Waals surface area contributed by atoms with Gasteiger partial charge in [-0.3, -0.25) is 4.79 Å². The summed E-state index contributed by atoms with van der Waals surface area (Å²) in [5.41, 5.74) is 1.68. The number of likely N-dealkylation sites (tertiary alicyclic amines) is 1. The lowest BCUT2D eigenvalue weighted by Gasteiger charge is -2.32. The second-order valence-corrected chi connectivity index (χ2v) is 11.3. The number of pyridine rings is 1. The lowest BCUT2D eigenvalue weighted by molar-refractivity contribution is -0.126. The Balaban J connectivity index is 1.18. The second-order valence-electron chi connectivity index (χ2n) is 11.3. The fourth-order valence-electron chi connectivity index (χ4n) is 5.76. The minimum Gasteiger partial charge on any atom is -0.495 e. The van der Waals surface area contributed by atoms with Crippen molar-refractivity contribution in [3.63, 3.8) is 0 Å². The van der Waals surface area contributed by atoms with Crippen molar-refractivity contribution in [2.75, 3.05) is 48.8 Å². The van der Waals surface area contributed by atoms with Gasteiger partial charge in [-0.15, -0.1) is 0 Å². The molecule has 0 spiro atoms. The third kappa shape index (κ3) is 6.36. The van der Waals surface area contributed by atoms with Crippen LogP contribution in [0.4, 0.5) is 27.4 Å². The number of fused-ring (bicyclic) bond motifs is 1. The normalized spacial score (nSPS) is 17.0. The van der Waals surface area contributed by atoms with Crippen molar-refractivity contribution in [3.05, 3.63) is 73.5 Å². The molecular weight excluding hydrogens is 561 g/mol. The molecule has 1 atom stereocenters. The Kier molecular flexibility index (Phi) is 8.44. The topological polar surface area (TPSA) is 105 Å². The second kappa shape index (κ2) is 12.7. The van der Waals surface area contributed by atoms with E-state index in [4.69, 9.17) is 9.47 Å². The molecule has 2 aliphatic rings. The third-order valence-corrected chi connectivity index (χ3v) is 8.19. The van der Waals surface area contributed by atoms with Gasteiger partial charge in [0.25, 0.3) is 0 Å². The van der Waals surface area contributed by atoms with Gasteiger partial charge in [0.2, 0.25) is 5.91 Å². The van der Waals surface area contributed by atoms with Crippen molar-refractivity contribution in [1.29, 1.82) is 0 Å². The molecule has 0 aliphatic carbocycles. The molecular formula is C33H36FN7O3. The van der Waals surface area contributed by atoms with Crippen molar-refractivity contribution in [3.8, 4) is 17.2 Å². The predicted octanol–water partition coefficient (Wildman–Crippen LogP) is 6.14. The predicted molar refractivity (Wildman–Crippen MR) is 169 cm³/mol. The van der Waals surface area contributed by atoms with Gasteiger partial charge in [0, 0.05) is 62.0 Å². The highest BCUT2D eigenvalue weighted by molar-refractivity contribution is 5.95. The number of amides is 1. The first-order chi connectivity index (χ1) is 21.4. The Morgan fingerprint density at radius 2 is 1.84 bits per heavy atom. The lowest BCUT2D eigenvalue weighted by Crippen LogP contribution is -2.41. The van der Waals surface area contributed by atoms with Crippen molar-refractivity contribution in [2.45, 2.75) is 32.2 Å². The number of nitrogens with one attached hydrogen (secondary N) is 2. The van der Waals surface area contributed by atoms with Crippen molar-refractivity contribution in [1.82, 2.24) is 19.9 Å². The average molecular weight is 598 g/mol. The van der Waals surface area contributed by atoms with E-state index in [0.717, 1.165) is 43.9 Å². The summed E-state index contributed by atoms with van der Waals surface area (Å²) in [5.74, 6) is 3.03. The molecule has 44 heavy (non-hydrogen) atoms. The Hall–Kier alpha value is -4.93. The minimum absolute atomic E-state index is 0.0508. The summed E-state index contributed by atoms with van der Waals surface area (Å²) < 4.78 is 27.0. The molecule has 2 saturated heterocycles. The van der Waals surface area contributed by atoms with Crippen LogP contribution in [0.25, 0.3) is 10.9 Å². The Morgan fingerprint density at radius 3 is 2.57 bits per heavy atom. The van der Waals surface area contributed by atoms with Gasteiger partial charge < -0.3 is 29.9 Å². The molecule has 228 valence electrons. The molecule has 11 heteroatoms. The SMILES string of the molecule is C=CC(=O)N1CCC(Nc2cc3c(Nc4ccc(Oc5ccnc(N6CC[C@H](C)C6)c5)cc4F)ncnc3cc2OC)CC1. The van der Waals surface area contributed by atoms with E-state index in [1.165, 1.54) is 18.5 Å².